The van der Waals surface area contributed by atoms with Crippen molar-refractivity contribution in [1.29, 1.82) is 0 Å². The second kappa shape index (κ2) is 3.05. The van der Waals surface area contributed by atoms with Crippen molar-refractivity contribution < 1.29 is 4.79 Å². The van der Waals surface area contributed by atoms with Crippen molar-refractivity contribution in [3.8, 4) is 0 Å². The molecule has 1 aliphatic rings. The maximum absolute atomic E-state index is 10.2. The number of aliphatic imine (C=N–C) groups is 1. The highest BCUT2D eigenvalue weighted by molar-refractivity contribution is 9.10. The lowest BCUT2D eigenvalue weighted by molar-refractivity contribution is 0.557. The molecule has 0 spiro atoms. The first kappa shape index (κ1) is 9.13. The number of isocyanates is 1. The van der Waals surface area contributed by atoms with Gasteiger partial charge in [0, 0.05) is 9.35 Å². The van der Waals surface area contributed by atoms with Gasteiger partial charge in [-0.2, -0.15) is 4.99 Å². The van der Waals surface area contributed by atoms with Crippen molar-refractivity contribution in [2.75, 3.05) is 0 Å². The smallest absolute Gasteiger partial charge is 0.211 e. The number of halogens is 1. The summed E-state index contributed by atoms with van der Waals surface area (Å²) in [6.45, 7) is 2.05. The summed E-state index contributed by atoms with van der Waals surface area (Å²) in [5.41, 5.74) is 0.992. The third-order valence-corrected chi connectivity index (χ3v) is 4.88. The zero-order chi connectivity index (χ0) is 9.47. The SMILES string of the molecule is Cc1csc(C2(N=C=O)CC2)c1Br. The first-order chi connectivity index (χ1) is 6.19. The second-order valence-corrected chi connectivity index (χ2v) is 4.97. The molecule has 0 unspecified atom stereocenters. The summed E-state index contributed by atoms with van der Waals surface area (Å²) in [4.78, 5) is 15.3. The minimum Gasteiger partial charge on any atom is -0.211 e. The quantitative estimate of drug-likeness (QED) is 0.591. The molecule has 1 aliphatic carbocycles. The molecule has 2 rings (SSSR count). The maximum atomic E-state index is 10.2. The molecule has 4 heteroatoms. The lowest BCUT2D eigenvalue weighted by Crippen LogP contribution is -1.99. The molecule has 1 saturated carbocycles. The Bertz CT molecular complexity index is 388. The highest BCUT2D eigenvalue weighted by Gasteiger charge is 2.47. The monoisotopic (exact) mass is 257 g/mol. The second-order valence-electron chi connectivity index (χ2n) is 3.30. The third kappa shape index (κ3) is 1.39. The van der Waals surface area contributed by atoms with Crippen molar-refractivity contribution in [3.63, 3.8) is 0 Å². The Labute approximate surface area is 88.8 Å². The number of thiophene rings is 1. The molecule has 13 heavy (non-hydrogen) atoms. The topological polar surface area (TPSA) is 29.4 Å². The number of aryl methyl sites for hydroxylation is 1. The van der Waals surface area contributed by atoms with Crippen LogP contribution in [-0.4, -0.2) is 6.08 Å². The number of carbonyl (C=O) groups excluding carboxylic acids is 1. The Morgan fingerprint density at radius 3 is 2.77 bits per heavy atom. The normalized spacial score (nSPS) is 18.0. The fourth-order valence-electron chi connectivity index (χ4n) is 1.34. The third-order valence-electron chi connectivity index (χ3n) is 2.31. The van der Waals surface area contributed by atoms with Crippen LogP contribution in [0.2, 0.25) is 0 Å². The zero-order valence-electron chi connectivity index (χ0n) is 7.13. The van der Waals surface area contributed by atoms with E-state index in [0.717, 1.165) is 17.3 Å². The first-order valence-corrected chi connectivity index (χ1v) is 5.70. The summed E-state index contributed by atoms with van der Waals surface area (Å²) in [5.74, 6) is 0. The highest BCUT2D eigenvalue weighted by atomic mass is 79.9. The van der Waals surface area contributed by atoms with Crippen LogP contribution >= 0.6 is 27.3 Å². The van der Waals surface area contributed by atoms with E-state index in [1.807, 2.05) is 6.92 Å². The predicted octanol–water partition coefficient (Wildman–Crippen LogP) is 3.14. The van der Waals surface area contributed by atoms with Gasteiger partial charge in [0.1, 0.15) is 5.54 Å². The van der Waals surface area contributed by atoms with Gasteiger partial charge in [0.05, 0.1) is 0 Å². The number of hydrogen-bond acceptors (Lipinski definition) is 3. The van der Waals surface area contributed by atoms with Crippen LogP contribution in [0.4, 0.5) is 0 Å². The van der Waals surface area contributed by atoms with E-state index in [-0.39, 0.29) is 5.54 Å². The van der Waals surface area contributed by atoms with Gasteiger partial charge in [0.15, 0.2) is 0 Å². The molecule has 0 aliphatic heterocycles. The van der Waals surface area contributed by atoms with Gasteiger partial charge in [-0.15, -0.1) is 11.3 Å². The molecule has 1 fully saturated rings. The molecular weight excluding hydrogens is 250 g/mol. The Balaban J connectivity index is 2.46. The molecule has 0 aromatic carbocycles. The summed E-state index contributed by atoms with van der Waals surface area (Å²) in [6.07, 6.45) is 3.61. The molecule has 1 heterocycles. The van der Waals surface area contributed by atoms with Crippen LogP contribution in [0.5, 0.6) is 0 Å². The molecule has 0 radical (unpaired) electrons. The molecule has 0 saturated heterocycles. The number of hydrogen-bond donors (Lipinski definition) is 0. The van der Waals surface area contributed by atoms with Gasteiger partial charge in [-0.3, -0.25) is 0 Å². The average molecular weight is 258 g/mol. The number of nitrogens with zero attached hydrogens (tertiary/aromatic N) is 1. The van der Waals surface area contributed by atoms with Crippen LogP contribution in [0, 0.1) is 6.92 Å². The van der Waals surface area contributed by atoms with Gasteiger partial charge >= 0.3 is 0 Å². The van der Waals surface area contributed by atoms with E-state index in [1.54, 1.807) is 17.4 Å². The van der Waals surface area contributed by atoms with E-state index in [4.69, 9.17) is 0 Å². The standard InChI is InChI=1S/C9H8BrNOS/c1-6-4-13-8(7(6)10)9(2-3-9)11-5-12/h4H,2-3H2,1H3. The van der Waals surface area contributed by atoms with Gasteiger partial charge < -0.3 is 0 Å². The van der Waals surface area contributed by atoms with Crippen molar-refractivity contribution >= 4 is 33.3 Å². The fourth-order valence-corrected chi connectivity index (χ4v) is 3.40. The lowest BCUT2D eigenvalue weighted by atomic mass is 10.2. The molecule has 68 valence electrons. The molecular formula is C9H8BrNOS. The van der Waals surface area contributed by atoms with Gasteiger partial charge in [-0.05, 0) is 46.6 Å². The summed E-state index contributed by atoms with van der Waals surface area (Å²) in [5, 5.41) is 2.08. The lowest BCUT2D eigenvalue weighted by Gasteiger charge is -2.04. The van der Waals surface area contributed by atoms with Crippen molar-refractivity contribution in [2.45, 2.75) is 25.3 Å². The van der Waals surface area contributed by atoms with Gasteiger partial charge in [-0.25, -0.2) is 4.79 Å². The van der Waals surface area contributed by atoms with Crippen LogP contribution in [0.3, 0.4) is 0 Å². The summed E-state index contributed by atoms with van der Waals surface area (Å²) < 4.78 is 1.11. The van der Waals surface area contributed by atoms with Crippen LogP contribution in [-0.2, 0) is 10.3 Å². The Morgan fingerprint density at radius 1 is 1.69 bits per heavy atom. The molecule has 2 nitrogen and oxygen atoms in total. The number of rotatable bonds is 2. The Hall–Kier alpha value is -0.440. The van der Waals surface area contributed by atoms with E-state index in [0.29, 0.717) is 0 Å². The van der Waals surface area contributed by atoms with E-state index < -0.39 is 0 Å². The van der Waals surface area contributed by atoms with Crippen LogP contribution in [0.1, 0.15) is 23.3 Å². The van der Waals surface area contributed by atoms with Crippen LogP contribution in [0.25, 0.3) is 0 Å². The molecule has 1 aromatic rings. The Morgan fingerprint density at radius 2 is 2.38 bits per heavy atom. The van der Waals surface area contributed by atoms with Gasteiger partial charge in [-0.1, -0.05) is 0 Å². The minimum atomic E-state index is -0.223. The molecule has 0 N–H and O–H groups in total. The van der Waals surface area contributed by atoms with E-state index in [1.165, 1.54) is 10.4 Å². The highest BCUT2D eigenvalue weighted by Crippen LogP contribution is 2.54. The molecule has 0 bridgehead atoms. The molecule has 0 atom stereocenters. The van der Waals surface area contributed by atoms with Crippen molar-refractivity contribution in [3.05, 3.63) is 20.3 Å². The Kier molecular flexibility index (Phi) is 2.14. The van der Waals surface area contributed by atoms with E-state index in [9.17, 15) is 4.79 Å². The summed E-state index contributed by atoms with van der Waals surface area (Å²) >= 11 is 5.18. The van der Waals surface area contributed by atoms with E-state index >= 15 is 0 Å². The van der Waals surface area contributed by atoms with Crippen molar-refractivity contribution in [1.82, 2.24) is 0 Å². The van der Waals surface area contributed by atoms with Crippen LogP contribution in [0.15, 0.2) is 14.8 Å². The van der Waals surface area contributed by atoms with Crippen molar-refractivity contribution in [2.24, 2.45) is 4.99 Å². The van der Waals surface area contributed by atoms with Crippen LogP contribution < -0.4 is 0 Å². The van der Waals surface area contributed by atoms with E-state index in [2.05, 4.69) is 26.3 Å². The summed E-state index contributed by atoms with van der Waals surface area (Å²) in [7, 11) is 0. The largest absolute Gasteiger partial charge is 0.235 e. The summed E-state index contributed by atoms with van der Waals surface area (Å²) in [6, 6.07) is 0. The average Bonchev–Trinajstić information content (AvgIpc) is 2.79. The van der Waals surface area contributed by atoms with Gasteiger partial charge in [0.2, 0.25) is 6.08 Å². The first-order valence-electron chi connectivity index (χ1n) is 4.03. The predicted molar refractivity (Wildman–Crippen MR) is 55.8 cm³/mol. The van der Waals surface area contributed by atoms with Gasteiger partial charge in [0.25, 0.3) is 0 Å². The minimum absolute atomic E-state index is 0.223. The molecule has 1 aromatic heterocycles. The molecule has 0 amide bonds. The maximum Gasteiger partial charge on any atom is 0.235 e. The fraction of sp³-hybridized carbons (Fsp3) is 0.444. The zero-order valence-corrected chi connectivity index (χ0v) is 9.54.